The van der Waals surface area contributed by atoms with Crippen molar-refractivity contribution >= 4 is 6.03 Å². The van der Waals surface area contributed by atoms with Crippen LogP contribution in [-0.4, -0.2) is 31.1 Å². The lowest BCUT2D eigenvalue weighted by atomic mass is 10.1. The number of hydrogen-bond donors (Lipinski definition) is 1. The van der Waals surface area contributed by atoms with Crippen LogP contribution in [-0.2, 0) is 17.9 Å². The Labute approximate surface area is 121 Å². The Morgan fingerprint density at radius 2 is 2.15 bits per heavy atom. The molecule has 0 aromatic heterocycles. The molecule has 0 radical (unpaired) electrons. The van der Waals surface area contributed by atoms with Crippen molar-refractivity contribution in [2.24, 2.45) is 5.92 Å². The van der Waals surface area contributed by atoms with Crippen molar-refractivity contribution in [3.05, 3.63) is 35.4 Å². The minimum Gasteiger partial charge on any atom is -0.380 e. The molecule has 0 spiro atoms. The highest BCUT2D eigenvalue weighted by Crippen LogP contribution is 2.34. The van der Waals surface area contributed by atoms with Gasteiger partial charge < -0.3 is 15.0 Å². The molecule has 1 fully saturated rings. The van der Waals surface area contributed by atoms with Crippen LogP contribution in [0.4, 0.5) is 4.79 Å². The number of hydrogen-bond acceptors (Lipinski definition) is 2. The molecular formula is C16H24N2O2. The molecule has 1 N–H and O–H groups in total. The molecule has 110 valence electrons. The number of carbonyl (C=O) groups is 1. The Morgan fingerprint density at radius 1 is 1.45 bits per heavy atom. The van der Waals surface area contributed by atoms with Crippen LogP contribution in [0, 0.1) is 5.92 Å². The van der Waals surface area contributed by atoms with Gasteiger partial charge in [-0.1, -0.05) is 24.3 Å². The van der Waals surface area contributed by atoms with E-state index in [0.717, 1.165) is 11.1 Å². The third-order valence-corrected chi connectivity index (χ3v) is 3.98. The molecule has 1 aliphatic rings. The van der Waals surface area contributed by atoms with Crippen LogP contribution in [0.3, 0.4) is 0 Å². The summed E-state index contributed by atoms with van der Waals surface area (Å²) in [5.74, 6) is 0.691. The molecule has 1 aliphatic carbocycles. The summed E-state index contributed by atoms with van der Waals surface area (Å²) < 4.78 is 5.12. The fraction of sp³-hybridized carbons (Fsp3) is 0.562. The maximum absolute atomic E-state index is 12.1. The fourth-order valence-corrected chi connectivity index (χ4v) is 2.38. The molecule has 0 saturated heterocycles. The SMILES string of the molecule is COCc1cccc(CNC(=O)N(C)[C@@H](C)C2CC2)c1. The molecule has 1 aromatic carbocycles. The van der Waals surface area contributed by atoms with Crippen molar-refractivity contribution in [3.63, 3.8) is 0 Å². The minimum absolute atomic E-state index is 0.00143. The van der Waals surface area contributed by atoms with Crippen molar-refractivity contribution < 1.29 is 9.53 Å². The Bertz CT molecular complexity index is 458. The van der Waals surface area contributed by atoms with Gasteiger partial charge in [0.05, 0.1) is 6.61 Å². The summed E-state index contributed by atoms with van der Waals surface area (Å²) in [6.45, 7) is 3.27. The molecule has 0 heterocycles. The lowest BCUT2D eigenvalue weighted by Crippen LogP contribution is -2.43. The number of amides is 2. The monoisotopic (exact) mass is 276 g/mol. The van der Waals surface area contributed by atoms with E-state index in [-0.39, 0.29) is 6.03 Å². The quantitative estimate of drug-likeness (QED) is 0.868. The number of benzene rings is 1. The van der Waals surface area contributed by atoms with Gasteiger partial charge in [-0.3, -0.25) is 0 Å². The summed E-state index contributed by atoms with van der Waals surface area (Å²) in [6, 6.07) is 8.43. The van der Waals surface area contributed by atoms with E-state index < -0.39 is 0 Å². The third kappa shape index (κ3) is 3.97. The summed E-state index contributed by atoms with van der Waals surface area (Å²) in [5, 5.41) is 2.98. The molecule has 2 rings (SSSR count). The molecule has 0 aliphatic heterocycles. The molecular weight excluding hydrogens is 252 g/mol. The highest BCUT2D eigenvalue weighted by atomic mass is 16.5. The van der Waals surface area contributed by atoms with Gasteiger partial charge in [0, 0.05) is 26.7 Å². The zero-order chi connectivity index (χ0) is 14.5. The topological polar surface area (TPSA) is 41.6 Å². The van der Waals surface area contributed by atoms with Gasteiger partial charge in [-0.2, -0.15) is 0 Å². The lowest BCUT2D eigenvalue weighted by Gasteiger charge is -2.25. The number of nitrogens with one attached hydrogen (secondary N) is 1. The number of ether oxygens (including phenoxy) is 1. The number of rotatable bonds is 6. The van der Waals surface area contributed by atoms with Crippen LogP contribution < -0.4 is 5.32 Å². The highest BCUT2D eigenvalue weighted by molar-refractivity contribution is 5.74. The van der Waals surface area contributed by atoms with Gasteiger partial charge in [-0.25, -0.2) is 4.79 Å². The van der Waals surface area contributed by atoms with E-state index in [0.29, 0.717) is 25.1 Å². The molecule has 4 heteroatoms. The summed E-state index contributed by atoms with van der Waals surface area (Å²) in [7, 11) is 3.56. The number of nitrogens with zero attached hydrogens (tertiary/aromatic N) is 1. The van der Waals surface area contributed by atoms with Crippen molar-refractivity contribution in [1.29, 1.82) is 0 Å². The Morgan fingerprint density at radius 3 is 2.80 bits per heavy atom. The second kappa shape index (κ2) is 6.75. The Balaban J connectivity index is 1.84. The van der Waals surface area contributed by atoms with Gasteiger partial charge in [0.1, 0.15) is 0 Å². The van der Waals surface area contributed by atoms with Gasteiger partial charge in [0.2, 0.25) is 0 Å². The van der Waals surface area contributed by atoms with Crippen molar-refractivity contribution in [2.75, 3.05) is 14.2 Å². The highest BCUT2D eigenvalue weighted by Gasteiger charge is 2.32. The van der Waals surface area contributed by atoms with E-state index in [4.69, 9.17) is 4.74 Å². The van der Waals surface area contributed by atoms with E-state index in [1.54, 1.807) is 7.11 Å². The second-order valence-corrected chi connectivity index (χ2v) is 5.60. The predicted molar refractivity (Wildman–Crippen MR) is 79.3 cm³/mol. The maximum Gasteiger partial charge on any atom is 0.317 e. The standard InChI is InChI=1S/C16H24N2O2/c1-12(15-7-8-15)18(2)16(19)17-10-13-5-4-6-14(9-13)11-20-3/h4-6,9,12,15H,7-8,10-11H2,1-3H3,(H,17,19)/t12-/m0/s1. The number of carbonyl (C=O) groups excluding carboxylic acids is 1. The molecule has 0 bridgehead atoms. The smallest absolute Gasteiger partial charge is 0.317 e. The van der Waals surface area contributed by atoms with Crippen molar-refractivity contribution in [1.82, 2.24) is 10.2 Å². The van der Waals surface area contributed by atoms with Crippen LogP contribution in [0.1, 0.15) is 30.9 Å². The van der Waals surface area contributed by atoms with Crippen LogP contribution in [0.25, 0.3) is 0 Å². The van der Waals surface area contributed by atoms with E-state index in [2.05, 4.69) is 18.3 Å². The van der Waals surface area contributed by atoms with Gasteiger partial charge in [-0.05, 0) is 36.8 Å². The third-order valence-electron chi connectivity index (χ3n) is 3.98. The Hall–Kier alpha value is -1.55. The van der Waals surface area contributed by atoms with Gasteiger partial charge in [-0.15, -0.1) is 0 Å². The van der Waals surface area contributed by atoms with Crippen LogP contribution in [0.5, 0.6) is 0 Å². The predicted octanol–water partition coefficient (Wildman–Crippen LogP) is 2.77. The minimum atomic E-state index is 0.00143. The lowest BCUT2D eigenvalue weighted by molar-refractivity contribution is 0.184. The van der Waals surface area contributed by atoms with Crippen LogP contribution in [0.2, 0.25) is 0 Å². The molecule has 20 heavy (non-hydrogen) atoms. The van der Waals surface area contributed by atoms with E-state index in [1.165, 1.54) is 12.8 Å². The average molecular weight is 276 g/mol. The number of methoxy groups -OCH3 is 1. The van der Waals surface area contributed by atoms with E-state index in [9.17, 15) is 4.79 Å². The zero-order valence-corrected chi connectivity index (χ0v) is 12.6. The molecule has 2 amide bonds. The zero-order valence-electron chi connectivity index (χ0n) is 12.6. The molecule has 1 saturated carbocycles. The summed E-state index contributed by atoms with van der Waals surface area (Å²) in [4.78, 5) is 13.9. The second-order valence-electron chi connectivity index (χ2n) is 5.60. The van der Waals surface area contributed by atoms with Crippen LogP contribution in [0.15, 0.2) is 24.3 Å². The molecule has 1 atom stereocenters. The summed E-state index contributed by atoms with van der Waals surface area (Å²) >= 11 is 0. The average Bonchev–Trinajstić information content (AvgIpc) is 3.28. The first kappa shape index (κ1) is 14.9. The molecule has 1 aromatic rings. The summed E-state index contributed by atoms with van der Waals surface area (Å²) in [5.41, 5.74) is 2.22. The number of urea groups is 1. The molecule has 4 nitrogen and oxygen atoms in total. The van der Waals surface area contributed by atoms with E-state index >= 15 is 0 Å². The van der Waals surface area contributed by atoms with Crippen LogP contribution >= 0.6 is 0 Å². The largest absolute Gasteiger partial charge is 0.380 e. The maximum atomic E-state index is 12.1. The Kier molecular flexibility index (Phi) is 5.01. The van der Waals surface area contributed by atoms with Crippen molar-refractivity contribution in [2.45, 2.75) is 39.0 Å². The van der Waals surface area contributed by atoms with Crippen molar-refractivity contribution in [3.8, 4) is 0 Å². The van der Waals surface area contributed by atoms with E-state index in [1.807, 2.05) is 30.1 Å². The van der Waals surface area contributed by atoms with Gasteiger partial charge in [0.15, 0.2) is 0 Å². The van der Waals surface area contributed by atoms with Gasteiger partial charge in [0.25, 0.3) is 0 Å². The first-order valence-corrected chi connectivity index (χ1v) is 7.19. The normalized spacial score (nSPS) is 15.8. The molecule has 0 unspecified atom stereocenters. The first-order valence-electron chi connectivity index (χ1n) is 7.19. The summed E-state index contributed by atoms with van der Waals surface area (Å²) in [6.07, 6.45) is 2.50. The fourth-order valence-electron chi connectivity index (χ4n) is 2.38. The first-order chi connectivity index (χ1) is 9.61. The van der Waals surface area contributed by atoms with Gasteiger partial charge >= 0.3 is 6.03 Å².